The van der Waals surface area contributed by atoms with Crippen LogP contribution in [0, 0.1) is 11.8 Å². The highest BCUT2D eigenvalue weighted by atomic mass is 16.6. The van der Waals surface area contributed by atoms with Crippen molar-refractivity contribution >= 4 is 17.8 Å². The molecule has 6 rings (SSSR count). The van der Waals surface area contributed by atoms with Crippen LogP contribution in [0.25, 0.3) is 0 Å². The number of hydrogen-bond acceptors (Lipinski definition) is 8. The second-order valence-corrected chi connectivity index (χ2v) is 12.5. The molecular formula is C33H43N3O7. The van der Waals surface area contributed by atoms with E-state index in [2.05, 4.69) is 4.90 Å². The maximum Gasteiger partial charge on any atom is 0.313 e. The summed E-state index contributed by atoms with van der Waals surface area (Å²) in [6, 6.07) is 7.91. The van der Waals surface area contributed by atoms with Gasteiger partial charge in [-0.05, 0) is 38.2 Å². The number of amides is 2. The van der Waals surface area contributed by atoms with E-state index < -0.39 is 41.1 Å². The van der Waals surface area contributed by atoms with E-state index >= 15 is 0 Å². The van der Waals surface area contributed by atoms with Crippen LogP contribution in [0.4, 0.5) is 0 Å². The Bertz CT molecular complexity index is 1250. The topological polar surface area (TPSA) is 109 Å². The Morgan fingerprint density at radius 3 is 2.51 bits per heavy atom. The van der Waals surface area contributed by atoms with Crippen LogP contribution in [0.1, 0.15) is 31.7 Å². The van der Waals surface area contributed by atoms with Gasteiger partial charge in [-0.1, -0.05) is 54.6 Å². The van der Waals surface area contributed by atoms with Crippen LogP contribution >= 0.6 is 0 Å². The van der Waals surface area contributed by atoms with Crippen molar-refractivity contribution in [3.05, 3.63) is 60.2 Å². The number of esters is 1. The maximum absolute atomic E-state index is 14.7. The first-order valence-corrected chi connectivity index (χ1v) is 15.7. The van der Waals surface area contributed by atoms with Crippen LogP contribution < -0.4 is 0 Å². The van der Waals surface area contributed by atoms with Gasteiger partial charge in [0.2, 0.25) is 11.8 Å². The minimum Gasteiger partial charge on any atom is -0.465 e. The molecule has 1 N–H and O–H groups in total. The maximum atomic E-state index is 14.7. The lowest BCUT2D eigenvalue weighted by molar-refractivity contribution is -0.161. The first-order chi connectivity index (χ1) is 20.9. The molecule has 6 atom stereocenters. The SMILES string of the molecule is C[C@@]12/C=C\CCCCOC(=O)[C@@H]1[C@H]1C(=O)N([C@@H](CO)Cc3ccccc3)C3C(=O)N(CCN4CCOCC4)CC=C[C@@]31O2. The number of nitrogens with zero attached hydrogens (tertiary/aromatic N) is 3. The summed E-state index contributed by atoms with van der Waals surface area (Å²) in [6.45, 7) is 6.23. The number of ether oxygens (including phenoxy) is 3. The molecule has 0 aliphatic carbocycles. The van der Waals surface area contributed by atoms with Crippen molar-refractivity contribution in [1.82, 2.24) is 14.7 Å². The van der Waals surface area contributed by atoms with Gasteiger partial charge in [-0.15, -0.1) is 0 Å². The summed E-state index contributed by atoms with van der Waals surface area (Å²) in [5, 5.41) is 10.7. The van der Waals surface area contributed by atoms with E-state index in [9.17, 15) is 19.5 Å². The van der Waals surface area contributed by atoms with Crippen LogP contribution in [-0.2, 0) is 35.0 Å². The highest BCUT2D eigenvalue weighted by Crippen LogP contribution is 2.57. The molecule has 1 aromatic carbocycles. The summed E-state index contributed by atoms with van der Waals surface area (Å²) in [5.74, 6) is -2.98. The first-order valence-electron chi connectivity index (χ1n) is 15.7. The Balaban J connectivity index is 1.40. The fraction of sp³-hybridized carbons (Fsp3) is 0.606. The summed E-state index contributed by atoms with van der Waals surface area (Å²) in [5.41, 5.74) is -1.59. The van der Waals surface area contributed by atoms with Crippen LogP contribution in [0.2, 0.25) is 0 Å². The number of fused-ring (bicyclic) bond motifs is 2. The third-order valence-electron chi connectivity index (χ3n) is 9.73. The highest BCUT2D eigenvalue weighted by molar-refractivity contribution is 5.99. The number of carbonyl (C=O) groups excluding carboxylic acids is 3. The number of aliphatic hydroxyl groups excluding tert-OH is 1. The van der Waals surface area contributed by atoms with Gasteiger partial charge in [-0.2, -0.15) is 0 Å². The summed E-state index contributed by atoms with van der Waals surface area (Å²) >= 11 is 0. The second kappa shape index (κ2) is 12.5. The zero-order chi connectivity index (χ0) is 30.0. The zero-order valence-electron chi connectivity index (χ0n) is 24.9. The molecule has 0 aromatic heterocycles. The largest absolute Gasteiger partial charge is 0.465 e. The average molecular weight is 594 g/mol. The molecule has 2 amide bonds. The predicted octanol–water partition coefficient (Wildman–Crippen LogP) is 1.57. The Labute approximate surface area is 253 Å². The Morgan fingerprint density at radius 1 is 0.953 bits per heavy atom. The molecule has 0 saturated carbocycles. The molecular weight excluding hydrogens is 550 g/mol. The molecule has 43 heavy (non-hydrogen) atoms. The van der Waals surface area contributed by atoms with E-state index in [-0.39, 0.29) is 25.0 Å². The summed E-state index contributed by atoms with van der Waals surface area (Å²) in [7, 11) is 0. The summed E-state index contributed by atoms with van der Waals surface area (Å²) < 4.78 is 18.1. The highest BCUT2D eigenvalue weighted by Gasteiger charge is 2.75. The van der Waals surface area contributed by atoms with Gasteiger partial charge in [0.1, 0.15) is 17.6 Å². The third-order valence-corrected chi connectivity index (χ3v) is 9.73. The second-order valence-electron chi connectivity index (χ2n) is 12.5. The van der Waals surface area contributed by atoms with E-state index in [1.165, 1.54) is 4.90 Å². The van der Waals surface area contributed by atoms with Gasteiger partial charge in [-0.25, -0.2) is 0 Å². The standard InChI is InChI=1S/C33H43N3O7/c1-32-12-7-2-3-8-19-42-31(40)27(32)26-29(38)36(25(23-37)22-24-10-5-4-6-11-24)28-30(39)35(14-9-13-33(26,28)43-32)16-15-34-17-20-41-21-18-34/h4-7,9-13,25-28,37H,2-3,8,14-23H2,1H3/b12-7-/t25-,26+,27+,28?,32-,33+/m1/s1. The Kier molecular flexibility index (Phi) is 8.73. The Hall–Kier alpha value is -3.05. The molecule has 3 fully saturated rings. The first kappa shape index (κ1) is 30.0. The quantitative estimate of drug-likeness (QED) is 0.375. The lowest BCUT2D eigenvalue weighted by atomic mass is 9.74. The van der Waals surface area contributed by atoms with Gasteiger partial charge in [0.05, 0.1) is 44.0 Å². The minimum atomic E-state index is -1.39. The zero-order valence-corrected chi connectivity index (χ0v) is 24.9. The molecule has 0 bridgehead atoms. The number of cyclic esters (lactones) is 1. The van der Waals surface area contributed by atoms with Crippen molar-refractivity contribution in [3.8, 4) is 0 Å². The number of morpholine rings is 1. The summed E-state index contributed by atoms with van der Waals surface area (Å²) in [6.07, 6.45) is 10.4. The van der Waals surface area contributed by atoms with Crippen LogP contribution in [0.15, 0.2) is 54.6 Å². The molecule has 5 heterocycles. The van der Waals surface area contributed by atoms with Crippen molar-refractivity contribution in [1.29, 1.82) is 0 Å². The molecule has 10 nitrogen and oxygen atoms in total. The van der Waals surface area contributed by atoms with E-state index in [1.807, 2.05) is 61.6 Å². The fourth-order valence-corrected chi connectivity index (χ4v) is 7.60. The molecule has 1 spiro atoms. The van der Waals surface area contributed by atoms with Gasteiger partial charge in [0, 0.05) is 32.7 Å². The van der Waals surface area contributed by atoms with Crippen molar-refractivity contribution in [2.75, 3.05) is 59.2 Å². The molecule has 3 saturated heterocycles. The molecule has 10 heteroatoms. The smallest absolute Gasteiger partial charge is 0.313 e. The average Bonchev–Trinajstić information content (AvgIpc) is 3.35. The van der Waals surface area contributed by atoms with Gasteiger partial charge in [0.15, 0.2) is 0 Å². The number of aliphatic hydroxyl groups is 1. The van der Waals surface area contributed by atoms with Crippen LogP contribution in [0.5, 0.6) is 0 Å². The van der Waals surface area contributed by atoms with Gasteiger partial charge in [0.25, 0.3) is 0 Å². The number of likely N-dealkylation sites (tertiary alicyclic amines) is 1. The fourth-order valence-electron chi connectivity index (χ4n) is 7.60. The minimum absolute atomic E-state index is 0.231. The molecule has 1 unspecified atom stereocenters. The number of allylic oxidation sites excluding steroid dienone is 1. The Morgan fingerprint density at radius 2 is 1.74 bits per heavy atom. The van der Waals surface area contributed by atoms with Gasteiger partial charge in [-0.3, -0.25) is 19.3 Å². The van der Waals surface area contributed by atoms with Crippen LogP contribution in [0.3, 0.4) is 0 Å². The molecule has 5 aliphatic heterocycles. The van der Waals surface area contributed by atoms with E-state index in [4.69, 9.17) is 14.2 Å². The van der Waals surface area contributed by atoms with Gasteiger partial charge >= 0.3 is 5.97 Å². The normalized spacial score (nSPS) is 34.7. The van der Waals surface area contributed by atoms with E-state index in [0.717, 1.165) is 37.9 Å². The van der Waals surface area contributed by atoms with Crippen molar-refractivity contribution < 1.29 is 33.7 Å². The van der Waals surface area contributed by atoms with Crippen molar-refractivity contribution in [3.63, 3.8) is 0 Å². The van der Waals surface area contributed by atoms with Crippen LogP contribution in [-0.4, -0.2) is 120 Å². The number of carbonyl (C=O) groups is 3. The third kappa shape index (κ3) is 5.54. The number of rotatable bonds is 7. The van der Waals surface area contributed by atoms with Crippen molar-refractivity contribution in [2.45, 2.75) is 55.9 Å². The number of benzene rings is 1. The van der Waals surface area contributed by atoms with E-state index in [0.29, 0.717) is 39.3 Å². The molecule has 1 aromatic rings. The molecule has 5 aliphatic rings. The lowest BCUT2D eigenvalue weighted by Crippen LogP contribution is -2.59. The predicted molar refractivity (Wildman–Crippen MR) is 158 cm³/mol. The monoisotopic (exact) mass is 593 g/mol. The summed E-state index contributed by atoms with van der Waals surface area (Å²) in [4.78, 5) is 48.7. The molecule has 232 valence electrons. The lowest BCUT2D eigenvalue weighted by Gasteiger charge is -2.40. The number of hydrogen-bond donors (Lipinski definition) is 1. The van der Waals surface area contributed by atoms with Gasteiger partial charge < -0.3 is 29.1 Å². The molecule has 0 radical (unpaired) electrons. The van der Waals surface area contributed by atoms with Crippen molar-refractivity contribution in [2.24, 2.45) is 11.8 Å². The van der Waals surface area contributed by atoms with E-state index in [1.54, 1.807) is 4.90 Å².